The molecule has 1 saturated heterocycles. The molecule has 1 aromatic rings. The Labute approximate surface area is 121 Å². The number of hydrogen-bond donors (Lipinski definition) is 1. The van der Waals surface area contributed by atoms with Gasteiger partial charge in [-0.05, 0) is 6.92 Å². The van der Waals surface area contributed by atoms with Crippen LogP contribution in [0.2, 0.25) is 0 Å². The van der Waals surface area contributed by atoms with Crippen LogP contribution in [0.1, 0.15) is 17.3 Å². The molecule has 1 atom stereocenters. The van der Waals surface area contributed by atoms with Gasteiger partial charge in [0.15, 0.2) is 5.78 Å². The standard InChI is InChI=1S/C13H20N4O4/c1-8-6-17(4-5-21-8)7-9(18)10-11(14)15(2)13(20)16(3)12(10)19/h8H,4-7,14H2,1-3H3. The lowest BCUT2D eigenvalue weighted by Crippen LogP contribution is -2.46. The highest BCUT2D eigenvalue weighted by molar-refractivity contribution is 6.01. The first-order chi connectivity index (χ1) is 9.82. The Balaban J connectivity index is 2.32. The van der Waals surface area contributed by atoms with Gasteiger partial charge in [-0.25, -0.2) is 4.79 Å². The van der Waals surface area contributed by atoms with E-state index in [0.29, 0.717) is 19.7 Å². The molecule has 21 heavy (non-hydrogen) atoms. The lowest BCUT2D eigenvalue weighted by Gasteiger charge is -2.30. The fourth-order valence-corrected chi connectivity index (χ4v) is 2.44. The summed E-state index contributed by atoms with van der Waals surface area (Å²) in [6.45, 7) is 3.82. The van der Waals surface area contributed by atoms with Crippen LogP contribution in [0.5, 0.6) is 0 Å². The summed E-state index contributed by atoms with van der Waals surface area (Å²) in [7, 11) is 2.77. The van der Waals surface area contributed by atoms with Crippen molar-refractivity contribution in [3.63, 3.8) is 0 Å². The second kappa shape index (κ2) is 5.82. The van der Waals surface area contributed by atoms with Crippen LogP contribution in [-0.2, 0) is 18.8 Å². The van der Waals surface area contributed by atoms with Crippen LogP contribution >= 0.6 is 0 Å². The molecule has 2 rings (SSSR count). The van der Waals surface area contributed by atoms with Gasteiger partial charge < -0.3 is 10.5 Å². The van der Waals surface area contributed by atoms with Crippen LogP contribution in [0.15, 0.2) is 9.59 Å². The molecule has 116 valence electrons. The summed E-state index contributed by atoms with van der Waals surface area (Å²) in [4.78, 5) is 38.1. The highest BCUT2D eigenvalue weighted by Gasteiger charge is 2.24. The van der Waals surface area contributed by atoms with Crippen molar-refractivity contribution < 1.29 is 9.53 Å². The Morgan fingerprint density at radius 3 is 2.62 bits per heavy atom. The molecule has 1 unspecified atom stereocenters. The first kappa shape index (κ1) is 15.5. The minimum absolute atomic E-state index is 0.0480. The van der Waals surface area contributed by atoms with Crippen molar-refractivity contribution in [1.29, 1.82) is 0 Å². The number of carbonyl (C=O) groups excluding carboxylic acids is 1. The van der Waals surface area contributed by atoms with E-state index in [0.717, 1.165) is 9.13 Å². The van der Waals surface area contributed by atoms with Gasteiger partial charge in [0.25, 0.3) is 5.56 Å². The van der Waals surface area contributed by atoms with E-state index >= 15 is 0 Å². The number of rotatable bonds is 3. The highest BCUT2D eigenvalue weighted by Crippen LogP contribution is 2.08. The molecule has 1 aliphatic heterocycles. The van der Waals surface area contributed by atoms with Crippen molar-refractivity contribution in [1.82, 2.24) is 14.0 Å². The van der Waals surface area contributed by atoms with E-state index in [1.54, 1.807) is 0 Å². The fraction of sp³-hybridized carbons (Fsp3) is 0.615. The molecule has 0 spiro atoms. The number of hydrogen-bond acceptors (Lipinski definition) is 6. The van der Waals surface area contributed by atoms with Crippen molar-refractivity contribution in [3.05, 3.63) is 26.4 Å². The first-order valence-corrected chi connectivity index (χ1v) is 6.75. The number of anilines is 1. The van der Waals surface area contributed by atoms with E-state index < -0.39 is 11.2 Å². The molecule has 8 heteroatoms. The molecule has 1 aliphatic rings. The predicted molar refractivity (Wildman–Crippen MR) is 77.5 cm³/mol. The van der Waals surface area contributed by atoms with E-state index in [-0.39, 0.29) is 29.8 Å². The zero-order valence-corrected chi connectivity index (χ0v) is 12.5. The fourth-order valence-electron chi connectivity index (χ4n) is 2.44. The molecule has 0 saturated carbocycles. The van der Waals surface area contributed by atoms with Crippen molar-refractivity contribution in [2.45, 2.75) is 13.0 Å². The van der Waals surface area contributed by atoms with E-state index in [1.807, 2.05) is 11.8 Å². The van der Waals surface area contributed by atoms with Crippen LogP contribution in [0, 0.1) is 0 Å². The number of aromatic nitrogens is 2. The number of Topliss-reactive ketones (excluding diaryl/α,β-unsaturated/α-hetero) is 1. The van der Waals surface area contributed by atoms with Gasteiger partial charge in [-0.3, -0.25) is 23.6 Å². The van der Waals surface area contributed by atoms with Crippen LogP contribution in [-0.4, -0.2) is 52.2 Å². The summed E-state index contributed by atoms with van der Waals surface area (Å²) < 4.78 is 7.41. The Morgan fingerprint density at radius 2 is 2.00 bits per heavy atom. The van der Waals surface area contributed by atoms with Gasteiger partial charge in [-0.15, -0.1) is 0 Å². The lowest BCUT2D eigenvalue weighted by atomic mass is 10.1. The van der Waals surface area contributed by atoms with Crippen LogP contribution < -0.4 is 17.0 Å². The summed E-state index contributed by atoms with van der Waals surface area (Å²) in [6, 6.07) is 0. The Morgan fingerprint density at radius 1 is 1.33 bits per heavy atom. The summed E-state index contributed by atoms with van der Waals surface area (Å²) in [5.41, 5.74) is 4.45. The summed E-state index contributed by atoms with van der Waals surface area (Å²) in [5.74, 6) is -0.466. The average molecular weight is 296 g/mol. The number of nitrogens with zero attached hydrogens (tertiary/aromatic N) is 3. The number of nitrogens with two attached hydrogens (primary N) is 1. The largest absolute Gasteiger partial charge is 0.384 e. The van der Waals surface area contributed by atoms with Gasteiger partial charge in [0.1, 0.15) is 11.4 Å². The van der Waals surface area contributed by atoms with Gasteiger partial charge in [0.2, 0.25) is 0 Å². The van der Waals surface area contributed by atoms with E-state index in [2.05, 4.69) is 0 Å². The molecule has 0 aliphatic carbocycles. The van der Waals surface area contributed by atoms with Crippen LogP contribution in [0.3, 0.4) is 0 Å². The topological polar surface area (TPSA) is 99.6 Å². The third kappa shape index (κ3) is 2.91. The summed E-state index contributed by atoms with van der Waals surface area (Å²) in [6.07, 6.45) is 0.0480. The molecular weight excluding hydrogens is 276 g/mol. The second-order valence-electron chi connectivity index (χ2n) is 5.31. The normalized spacial score (nSPS) is 19.7. The molecule has 2 N–H and O–H groups in total. The monoisotopic (exact) mass is 296 g/mol. The van der Waals surface area contributed by atoms with Gasteiger partial charge in [0.05, 0.1) is 19.3 Å². The predicted octanol–water partition coefficient (Wildman–Crippen LogP) is -1.43. The molecule has 2 heterocycles. The summed E-state index contributed by atoms with van der Waals surface area (Å²) >= 11 is 0. The van der Waals surface area contributed by atoms with Crippen molar-refractivity contribution in [2.75, 3.05) is 32.0 Å². The number of carbonyl (C=O) groups is 1. The molecule has 0 amide bonds. The molecule has 0 aromatic carbocycles. The zero-order chi connectivity index (χ0) is 15.7. The molecule has 1 aromatic heterocycles. The molecule has 8 nitrogen and oxygen atoms in total. The van der Waals surface area contributed by atoms with E-state index in [1.165, 1.54) is 14.1 Å². The second-order valence-corrected chi connectivity index (χ2v) is 5.31. The lowest BCUT2D eigenvalue weighted by molar-refractivity contribution is -0.0158. The minimum Gasteiger partial charge on any atom is -0.384 e. The van der Waals surface area contributed by atoms with Crippen molar-refractivity contribution in [2.24, 2.45) is 14.1 Å². The van der Waals surface area contributed by atoms with Gasteiger partial charge >= 0.3 is 5.69 Å². The van der Waals surface area contributed by atoms with Gasteiger partial charge in [-0.1, -0.05) is 0 Å². The smallest absolute Gasteiger partial charge is 0.332 e. The molecule has 0 bridgehead atoms. The summed E-state index contributed by atoms with van der Waals surface area (Å²) in [5, 5.41) is 0. The van der Waals surface area contributed by atoms with Gasteiger partial charge in [0, 0.05) is 27.2 Å². The van der Waals surface area contributed by atoms with Crippen molar-refractivity contribution in [3.8, 4) is 0 Å². The number of nitrogen functional groups attached to an aromatic ring is 1. The zero-order valence-electron chi connectivity index (χ0n) is 12.5. The third-order valence-electron chi connectivity index (χ3n) is 3.68. The Hall–Kier alpha value is -1.93. The minimum atomic E-state index is -0.651. The molecule has 0 radical (unpaired) electrons. The van der Waals surface area contributed by atoms with Crippen molar-refractivity contribution >= 4 is 11.6 Å². The molecule has 1 fully saturated rings. The quantitative estimate of drug-likeness (QED) is 0.687. The Bertz CT molecular complexity index is 676. The first-order valence-electron chi connectivity index (χ1n) is 6.75. The van der Waals surface area contributed by atoms with Gasteiger partial charge in [-0.2, -0.15) is 0 Å². The molecular formula is C13H20N4O4. The third-order valence-corrected chi connectivity index (χ3v) is 3.68. The number of morpholine rings is 1. The number of ketones is 1. The maximum Gasteiger partial charge on any atom is 0.332 e. The SMILES string of the molecule is CC1CN(CC(=O)c2c(N)n(C)c(=O)n(C)c2=O)CCO1. The van der Waals surface area contributed by atoms with E-state index in [4.69, 9.17) is 10.5 Å². The van der Waals surface area contributed by atoms with E-state index in [9.17, 15) is 14.4 Å². The van der Waals surface area contributed by atoms with Crippen LogP contribution in [0.25, 0.3) is 0 Å². The maximum absolute atomic E-state index is 12.4. The maximum atomic E-state index is 12.4. The average Bonchev–Trinajstić information content (AvgIpc) is 2.43. The van der Waals surface area contributed by atoms with Crippen LogP contribution in [0.4, 0.5) is 5.82 Å². The Kier molecular flexibility index (Phi) is 4.29. The number of ether oxygens (including phenoxy) is 1. The highest BCUT2D eigenvalue weighted by atomic mass is 16.5.